The molecule has 0 heterocycles. The molecule has 1 N–H and O–H groups in total. The Bertz CT molecular complexity index is 280. The lowest BCUT2D eigenvalue weighted by Gasteiger charge is -2.46. The Morgan fingerprint density at radius 2 is 1.87 bits per heavy atom. The monoisotopic (exact) mass is 206 g/mol. The Morgan fingerprint density at radius 3 is 2.40 bits per heavy atom. The molecule has 0 aromatic carbocycles. The fourth-order valence-electron chi connectivity index (χ4n) is 2.95. The van der Waals surface area contributed by atoms with Crippen LogP contribution in [-0.2, 0) is 0 Å². The Kier molecular flexibility index (Phi) is 2.76. The van der Waals surface area contributed by atoms with Crippen LogP contribution < -0.4 is 0 Å². The van der Waals surface area contributed by atoms with Gasteiger partial charge in [-0.25, -0.2) is 0 Å². The van der Waals surface area contributed by atoms with Crippen molar-refractivity contribution in [2.75, 3.05) is 0 Å². The highest BCUT2D eigenvalue weighted by atomic mass is 16.3. The van der Waals surface area contributed by atoms with E-state index >= 15 is 0 Å². The van der Waals surface area contributed by atoms with Crippen molar-refractivity contribution in [3.05, 3.63) is 24.3 Å². The van der Waals surface area contributed by atoms with E-state index in [1.807, 2.05) is 0 Å². The van der Waals surface area contributed by atoms with E-state index in [4.69, 9.17) is 0 Å². The van der Waals surface area contributed by atoms with Gasteiger partial charge in [-0.05, 0) is 38.0 Å². The smallest absolute Gasteiger partial charge is 0.0881 e. The number of hydrogen-bond acceptors (Lipinski definition) is 1. The molecule has 15 heavy (non-hydrogen) atoms. The molecule has 1 heteroatoms. The van der Waals surface area contributed by atoms with Crippen molar-refractivity contribution in [2.24, 2.45) is 11.3 Å². The van der Waals surface area contributed by atoms with E-state index in [2.05, 4.69) is 38.2 Å². The zero-order chi connectivity index (χ0) is 10.9. The van der Waals surface area contributed by atoms with Crippen molar-refractivity contribution in [1.29, 1.82) is 0 Å². The van der Waals surface area contributed by atoms with Crippen LogP contribution in [0.1, 0.15) is 46.0 Å². The van der Waals surface area contributed by atoms with Crippen LogP contribution >= 0.6 is 0 Å². The molecule has 1 unspecified atom stereocenters. The molecule has 2 rings (SSSR count). The average molecular weight is 206 g/mol. The quantitative estimate of drug-likeness (QED) is 0.686. The standard InChI is InChI=1S/C14H22O/c1-13(2,12-8-4-5-9-12)14(15)10-6-3-7-11-14/h4-6,10,12,15H,3,7-9,11H2,1-2H3. The molecule has 0 spiro atoms. The van der Waals surface area contributed by atoms with Crippen molar-refractivity contribution >= 4 is 0 Å². The van der Waals surface area contributed by atoms with Gasteiger partial charge in [0.1, 0.15) is 0 Å². The van der Waals surface area contributed by atoms with Gasteiger partial charge in [-0.15, -0.1) is 0 Å². The average Bonchev–Trinajstić information content (AvgIpc) is 2.72. The predicted octanol–water partition coefficient (Wildman–Crippen LogP) is 3.45. The van der Waals surface area contributed by atoms with Gasteiger partial charge >= 0.3 is 0 Å². The third kappa shape index (κ3) is 1.78. The summed E-state index contributed by atoms with van der Waals surface area (Å²) in [6, 6.07) is 0. The summed E-state index contributed by atoms with van der Waals surface area (Å²) in [5.41, 5.74) is -0.588. The van der Waals surface area contributed by atoms with Crippen LogP contribution in [0, 0.1) is 11.3 Å². The molecule has 0 radical (unpaired) electrons. The van der Waals surface area contributed by atoms with Crippen molar-refractivity contribution in [3.63, 3.8) is 0 Å². The second-order valence-corrected chi connectivity index (χ2v) is 5.58. The van der Waals surface area contributed by atoms with Crippen LogP contribution in [0.4, 0.5) is 0 Å². The number of aliphatic hydroxyl groups is 1. The molecule has 0 aromatic heterocycles. The van der Waals surface area contributed by atoms with Gasteiger partial charge in [-0.3, -0.25) is 0 Å². The Morgan fingerprint density at radius 1 is 1.20 bits per heavy atom. The molecule has 0 amide bonds. The minimum absolute atomic E-state index is 0.00653. The molecule has 0 fully saturated rings. The van der Waals surface area contributed by atoms with Gasteiger partial charge in [-0.2, -0.15) is 0 Å². The molecule has 0 bridgehead atoms. The third-order valence-electron chi connectivity index (χ3n) is 4.47. The minimum atomic E-state index is -0.581. The molecule has 84 valence electrons. The van der Waals surface area contributed by atoms with Crippen LogP contribution in [0.2, 0.25) is 0 Å². The highest BCUT2D eigenvalue weighted by Gasteiger charge is 2.46. The van der Waals surface area contributed by atoms with E-state index in [-0.39, 0.29) is 5.41 Å². The summed E-state index contributed by atoms with van der Waals surface area (Å²) < 4.78 is 0. The van der Waals surface area contributed by atoms with Crippen LogP contribution in [0.25, 0.3) is 0 Å². The largest absolute Gasteiger partial charge is 0.385 e. The minimum Gasteiger partial charge on any atom is -0.385 e. The maximum absolute atomic E-state index is 10.7. The first kappa shape index (κ1) is 10.9. The first-order valence-electron chi connectivity index (χ1n) is 6.11. The first-order chi connectivity index (χ1) is 7.06. The molecular formula is C14H22O. The van der Waals surface area contributed by atoms with Gasteiger partial charge in [0.15, 0.2) is 0 Å². The maximum atomic E-state index is 10.7. The number of rotatable bonds is 2. The van der Waals surface area contributed by atoms with Gasteiger partial charge in [0, 0.05) is 5.41 Å². The van der Waals surface area contributed by atoms with Gasteiger partial charge in [0.2, 0.25) is 0 Å². The first-order valence-corrected chi connectivity index (χ1v) is 6.11. The highest BCUT2D eigenvalue weighted by Crippen LogP contribution is 2.48. The van der Waals surface area contributed by atoms with Crippen LogP contribution in [0.3, 0.4) is 0 Å². The topological polar surface area (TPSA) is 20.2 Å². The van der Waals surface area contributed by atoms with Crippen LogP contribution in [0.5, 0.6) is 0 Å². The zero-order valence-corrected chi connectivity index (χ0v) is 9.87. The maximum Gasteiger partial charge on any atom is 0.0881 e. The molecule has 2 aliphatic rings. The second-order valence-electron chi connectivity index (χ2n) is 5.58. The van der Waals surface area contributed by atoms with E-state index in [1.54, 1.807) is 0 Å². The van der Waals surface area contributed by atoms with E-state index in [0.717, 1.165) is 32.1 Å². The fourth-order valence-corrected chi connectivity index (χ4v) is 2.95. The van der Waals surface area contributed by atoms with Crippen molar-refractivity contribution in [3.8, 4) is 0 Å². The van der Waals surface area contributed by atoms with E-state index in [9.17, 15) is 5.11 Å². The summed E-state index contributed by atoms with van der Waals surface area (Å²) in [4.78, 5) is 0. The Balaban J connectivity index is 2.19. The van der Waals surface area contributed by atoms with Gasteiger partial charge in [0.05, 0.1) is 5.60 Å². The SMILES string of the molecule is CC(C)(C1CC=CC1)C1(O)C=CCCC1. The summed E-state index contributed by atoms with van der Waals surface area (Å²) in [6.45, 7) is 4.45. The van der Waals surface area contributed by atoms with Crippen molar-refractivity contribution < 1.29 is 5.11 Å². The number of hydrogen-bond donors (Lipinski definition) is 1. The van der Waals surface area contributed by atoms with Gasteiger partial charge < -0.3 is 5.11 Å². The molecule has 0 aliphatic heterocycles. The van der Waals surface area contributed by atoms with Crippen LogP contribution in [-0.4, -0.2) is 10.7 Å². The van der Waals surface area contributed by atoms with E-state index < -0.39 is 5.60 Å². The van der Waals surface area contributed by atoms with Crippen LogP contribution in [0.15, 0.2) is 24.3 Å². The summed E-state index contributed by atoms with van der Waals surface area (Å²) in [5, 5.41) is 10.7. The second kappa shape index (κ2) is 3.79. The van der Waals surface area contributed by atoms with Gasteiger partial charge in [-0.1, -0.05) is 38.2 Å². The number of allylic oxidation sites excluding steroid dienone is 3. The lowest BCUT2D eigenvalue weighted by Crippen LogP contribution is -2.48. The van der Waals surface area contributed by atoms with E-state index in [0.29, 0.717) is 5.92 Å². The summed E-state index contributed by atoms with van der Waals surface area (Å²) in [5.74, 6) is 0.602. The van der Waals surface area contributed by atoms with Crippen molar-refractivity contribution in [1.82, 2.24) is 0 Å². The molecular weight excluding hydrogens is 184 g/mol. The lowest BCUT2D eigenvalue weighted by atomic mass is 9.62. The molecule has 0 aromatic rings. The predicted molar refractivity (Wildman–Crippen MR) is 63.6 cm³/mol. The Hall–Kier alpha value is -0.560. The zero-order valence-electron chi connectivity index (χ0n) is 9.87. The third-order valence-corrected chi connectivity index (χ3v) is 4.47. The Labute approximate surface area is 92.9 Å². The highest BCUT2D eigenvalue weighted by molar-refractivity contribution is 5.15. The summed E-state index contributed by atoms with van der Waals surface area (Å²) in [7, 11) is 0. The molecule has 1 atom stereocenters. The normalized spacial score (nSPS) is 32.5. The molecule has 0 saturated carbocycles. The van der Waals surface area contributed by atoms with E-state index in [1.165, 1.54) is 0 Å². The molecule has 0 saturated heterocycles. The summed E-state index contributed by atoms with van der Waals surface area (Å²) in [6.07, 6.45) is 14.1. The molecule has 2 aliphatic carbocycles. The van der Waals surface area contributed by atoms with Crippen molar-refractivity contribution in [2.45, 2.75) is 51.6 Å². The fraction of sp³-hybridized carbons (Fsp3) is 0.714. The van der Waals surface area contributed by atoms with Gasteiger partial charge in [0.25, 0.3) is 0 Å². The lowest BCUT2D eigenvalue weighted by molar-refractivity contribution is -0.0663. The molecule has 1 nitrogen and oxygen atoms in total. The summed E-state index contributed by atoms with van der Waals surface area (Å²) >= 11 is 0.